The van der Waals surface area contributed by atoms with Gasteiger partial charge >= 0.3 is 0 Å². The van der Waals surface area contributed by atoms with Gasteiger partial charge in [0.05, 0.1) is 12.1 Å². The van der Waals surface area contributed by atoms with Gasteiger partial charge in [0.15, 0.2) is 0 Å². The number of nitrogens with one attached hydrogen (secondary N) is 1. The summed E-state index contributed by atoms with van der Waals surface area (Å²) in [4.78, 5) is 0. The first kappa shape index (κ1) is 16.5. The van der Waals surface area contributed by atoms with Crippen molar-refractivity contribution in [1.29, 1.82) is 0 Å². The summed E-state index contributed by atoms with van der Waals surface area (Å²) in [5.41, 5.74) is 3.50. The second-order valence-electron chi connectivity index (χ2n) is 6.62. The summed E-state index contributed by atoms with van der Waals surface area (Å²) in [6.45, 7) is 5.03. The Labute approximate surface area is 153 Å². The molecule has 4 heteroatoms. The van der Waals surface area contributed by atoms with E-state index in [2.05, 4.69) is 30.1 Å². The fraction of sp³-hybridized carbons (Fsp3) is 0.333. The van der Waals surface area contributed by atoms with Crippen molar-refractivity contribution in [2.75, 3.05) is 18.5 Å². The number of ether oxygens (including phenoxy) is 2. The second-order valence-corrected chi connectivity index (χ2v) is 7.06. The molecular weight excluding hydrogens is 334 g/mol. The van der Waals surface area contributed by atoms with Gasteiger partial charge in [-0.1, -0.05) is 36.4 Å². The summed E-state index contributed by atoms with van der Waals surface area (Å²) in [7, 11) is 0. The predicted molar refractivity (Wildman–Crippen MR) is 101 cm³/mol. The highest BCUT2D eigenvalue weighted by Crippen LogP contribution is 2.49. The van der Waals surface area contributed by atoms with Crippen LogP contribution in [0.5, 0.6) is 5.75 Å². The lowest BCUT2D eigenvalue weighted by Gasteiger charge is -2.43. The molecule has 3 unspecified atom stereocenters. The van der Waals surface area contributed by atoms with Crippen molar-refractivity contribution < 1.29 is 9.47 Å². The van der Waals surface area contributed by atoms with Gasteiger partial charge in [-0.2, -0.15) is 0 Å². The molecule has 2 aromatic rings. The van der Waals surface area contributed by atoms with Gasteiger partial charge in [0.25, 0.3) is 0 Å². The van der Waals surface area contributed by atoms with Crippen molar-refractivity contribution in [3.05, 3.63) is 71.3 Å². The van der Waals surface area contributed by atoms with Crippen molar-refractivity contribution in [3.63, 3.8) is 0 Å². The fourth-order valence-corrected chi connectivity index (χ4v) is 4.11. The molecule has 0 bridgehead atoms. The van der Waals surface area contributed by atoms with Crippen molar-refractivity contribution in [2.45, 2.75) is 25.0 Å². The molecule has 25 heavy (non-hydrogen) atoms. The molecule has 0 aliphatic carbocycles. The van der Waals surface area contributed by atoms with E-state index in [-0.39, 0.29) is 12.1 Å². The molecule has 130 valence electrons. The average molecular weight is 356 g/mol. The maximum atomic E-state index is 6.22. The minimum atomic E-state index is 0.0893. The molecule has 0 spiro atoms. The molecule has 2 aliphatic rings. The maximum absolute atomic E-state index is 6.22. The Hall–Kier alpha value is -1.97. The number of hydrogen-bond donors (Lipinski definition) is 1. The summed E-state index contributed by atoms with van der Waals surface area (Å²) >= 11 is 6.22. The Kier molecular flexibility index (Phi) is 4.69. The standard InChI is InChI=1S/C21H22ClNO2/c1-2-10-24-16-6-3-5-14(12-16)20-17-7-4-11-25-21(17)18-13-15(22)8-9-19(18)23-20/h2-3,5-6,8-9,12-13,17,20-21,23H,1,4,7,10-11H2. The third kappa shape index (κ3) is 3.26. The fourth-order valence-electron chi connectivity index (χ4n) is 3.92. The molecule has 2 aliphatic heterocycles. The smallest absolute Gasteiger partial charge is 0.120 e. The largest absolute Gasteiger partial charge is 0.490 e. The Morgan fingerprint density at radius 2 is 2.20 bits per heavy atom. The first-order valence-corrected chi connectivity index (χ1v) is 9.15. The second kappa shape index (κ2) is 7.11. The van der Waals surface area contributed by atoms with Crippen LogP contribution in [0, 0.1) is 5.92 Å². The van der Waals surface area contributed by atoms with E-state index >= 15 is 0 Å². The Balaban J connectivity index is 1.70. The zero-order valence-electron chi connectivity index (χ0n) is 14.1. The molecule has 2 aromatic carbocycles. The van der Waals surface area contributed by atoms with Crippen LogP contribution < -0.4 is 10.1 Å². The van der Waals surface area contributed by atoms with Crippen LogP contribution in [0.2, 0.25) is 5.02 Å². The van der Waals surface area contributed by atoms with Gasteiger partial charge in [0, 0.05) is 28.8 Å². The molecule has 0 aromatic heterocycles. The molecule has 1 fully saturated rings. The summed E-state index contributed by atoms with van der Waals surface area (Å²) in [5.74, 6) is 1.25. The van der Waals surface area contributed by atoms with Gasteiger partial charge in [-0.3, -0.25) is 0 Å². The van der Waals surface area contributed by atoms with Crippen LogP contribution in [0.25, 0.3) is 0 Å². The Morgan fingerprint density at radius 3 is 3.08 bits per heavy atom. The Morgan fingerprint density at radius 1 is 1.28 bits per heavy atom. The molecule has 3 nitrogen and oxygen atoms in total. The predicted octanol–water partition coefficient (Wildman–Crippen LogP) is 5.54. The topological polar surface area (TPSA) is 30.5 Å². The molecule has 1 N–H and O–H groups in total. The Bertz CT molecular complexity index is 776. The molecule has 2 heterocycles. The first-order chi connectivity index (χ1) is 12.3. The molecule has 3 atom stereocenters. The summed E-state index contributed by atoms with van der Waals surface area (Å²) < 4.78 is 11.9. The molecule has 4 rings (SSSR count). The molecule has 0 amide bonds. The van der Waals surface area contributed by atoms with E-state index in [1.54, 1.807) is 6.08 Å². The minimum absolute atomic E-state index is 0.0893. The highest BCUT2D eigenvalue weighted by Gasteiger charge is 2.39. The third-order valence-corrected chi connectivity index (χ3v) is 5.25. The van der Waals surface area contributed by atoms with E-state index in [1.165, 1.54) is 11.1 Å². The van der Waals surface area contributed by atoms with Gasteiger partial charge in [0.2, 0.25) is 0 Å². The minimum Gasteiger partial charge on any atom is -0.490 e. The van der Waals surface area contributed by atoms with E-state index in [4.69, 9.17) is 21.1 Å². The molecular formula is C21H22ClNO2. The van der Waals surface area contributed by atoms with Gasteiger partial charge < -0.3 is 14.8 Å². The third-order valence-electron chi connectivity index (χ3n) is 5.01. The quantitative estimate of drug-likeness (QED) is 0.730. The van der Waals surface area contributed by atoms with Gasteiger partial charge in [-0.15, -0.1) is 0 Å². The van der Waals surface area contributed by atoms with Crippen LogP contribution in [-0.2, 0) is 4.74 Å². The lowest BCUT2D eigenvalue weighted by molar-refractivity contribution is -0.0381. The van der Waals surface area contributed by atoms with Crippen molar-refractivity contribution >= 4 is 17.3 Å². The van der Waals surface area contributed by atoms with Crippen LogP contribution >= 0.6 is 11.6 Å². The van der Waals surface area contributed by atoms with E-state index < -0.39 is 0 Å². The molecule has 1 saturated heterocycles. The maximum Gasteiger partial charge on any atom is 0.120 e. The molecule has 0 radical (unpaired) electrons. The van der Waals surface area contributed by atoms with Crippen LogP contribution in [-0.4, -0.2) is 13.2 Å². The first-order valence-electron chi connectivity index (χ1n) is 8.77. The highest BCUT2D eigenvalue weighted by atomic mass is 35.5. The normalized spacial score (nSPS) is 24.6. The van der Waals surface area contributed by atoms with E-state index in [9.17, 15) is 0 Å². The van der Waals surface area contributed by atoms with E-state index in [1.807, 2.05) is 24.3 Å². The van der Waals surface area contributed by atoms with Crippen LogP contribution in [0.15, 0.2) is 55.1 Å². The number of halogens is 1. The summed E-state index contributed by atoms with van der Waals surface area (Å²) in [6, 6.07) is 14.5. The lowest BCUT2D eigenvalue weighted by atomic mass is 9.77. The number of benzene rings is 2. The lowest BCUT2D eigenvalue weighted by Crippen LogP contribution is -2.36. The molecule has 0 saturated carbocycles. The van der Waals surface area contributed by atoms with Gasteiger partial charge in [-0.25, -0.2) is 0 Å². The van der Waals surface area contributed by atoms with Crippen LogP contribution in [0.4, 0.5) is 5.69 Å². The van der Waals surface area contributed by atoms with E-state index in [0.29, 0.717) is 12.5 Å². The number of hydrogen-bond acceptors (Lipinski definition) is 3. The van der Waals surface area contributed by atoms with Crippen LogP contribution in [0.1, 0.15) is 36.1 Å². The monoisotopic (exact) mass is 355 g/mol. The SMILES string of the molecule is C=CCOc1cccc(C2Nc3ccc(Cl)cc3C3OCCCC23)c1. The van der Waals surface area contributed by atoms with Crippen molar-refractivity contribution in [2.24, 2.45) is 5.92 Å². The highest BCUT2D eigenvalue weighted by molar-refractivity contribution is 6.30. The van der Waals surface area contributed by atoms with E-state index in [0.717, 1.165) is 35.9 Å². The van der Waals surface area contributed by atoms with Crippen molar-refractivity contribution in [1.82, 2.24) is 0 Å². The number of fused-ring (bicyclic) bond motifs is 3. The average Bonchev–Trinajstić information content (AvgIpc) is 2.66. The zero-order chi connectivity index (χ0) is 17.2. The zero-order valence-corrected chi connectivity index (χ0v) is 14.8. The number of rotatable bonds is 4. The van der Waals surface area contributed by atoms with Crippen molar-refractivity contribution in [3.8, 4) is 5.75 Å². The van der Waals surface area contributed by atoms with Gasteiger partial charge in [-0.05, 0) is 48.7 Å². The summed E-state index contributed by atoms with van der Waals surface area (Å²) in [6.07, 6.45) is 4.07. The van der Waals surface area contributed by atoms with Gasteiger partial charge in [0.1, 0.15) is 12.4 Å². The number of anilines is 1. The van der Waals surface area contributed by atoms with Crippen LogP contribution in [0.3, 0.4) is 0 Å². The summed E-state index contributed by atoms with van der Waals surface area (Å²) in [5, 5.41) is 4.46.